The van der Waals surface area contributed by atoms with Crippen molar-refractivity contribution in [3.63, 3.8) is 0 Å². The van der Waals surface area contributed by atoms with Crippen LogP contribution >= 0.6 is 11.6 Å². The molecule has 0 spiro atoms. The molecule has 2 N–H and O–H groups in total. The summed E-state index contributed by atoms with van der Waals surface area (Å²) >= 11 is 5.65. The lowest BCUT2D eigenvalue weighted by Gasteiger charge is -2.11. The van der Waals surface area contributed by atoms with E-state index in [-0.39, 0.29) is 15.9 Å². The number of hydrogen-bond donors (Lipinski definition) is 2. The highest BCUT2D eigenvalue weighted by Crippen LogP contribution is 2.25. The standard InChI is InChI=1S/C13H14ClN3O2S/c1-9-3-5-10(6-4-9)20(18,19)17-8-7-11(12(14)15)13(17)16-2/h3-8,15-16H,1-2H3. The van der Waals surface area contributed by atoms with E-state index in [1.807, 2.05) is 6.92 Å². The Kier molecular flexibility index (Phi) is 3.87. The van der Waals surface area contributed by atoms with Crippen LogP contribution in [0, 0.1) is 12.3 Å². The Balaban J connectivity index is 2.61. The second kappa shape index (κ2) is 5.30. The topological polar surface area (TPSA) is 75.0 Å². The van der Waals surface area contributed by atoms with Crippen LogP contribution in [-0.4, -0.2) is 24.6 Å². The number of aromatic nitrogens is 1. The normalized spacial score (nSPS) is 11.3. The average molecular weight is 312 g/mol. The second-order valence-corrected chi connectivity index (χ2v) is 6.45. The Morgan fingerprint density at radius 1 is 1.25 bits per heavy atom. The molecule has 0 saturated heterocycles. The Bertz CT molecular complexity index is 748. The minimum Gasteiger partial charge on any atom is -0.373 e. The van der Waals surface area contributed by atoms with E-state index in [1.165, 1.54) is 12.3 Å². The molecule has 5 nitrogen and oxygen atoms in total. The van der Waals surface area contributed by atoms with Gasteiger partial charge in [0.05, 0.1) is 10.5 Å². The molecule has 7 heteroatoms. The van der Waals surface area contributed by atoms with Crippen molar-refractivity contribution in [1.29, 1.82) is 5.41 Å². The summed E-state index contributed by atoms with van der Waals surface area (Å²) < 4.78 is 26.2. The minimum atomic E-state index is -3.71. The number of rotatable bonds is 4. The molecule has 2 rings (SSSR count). The van der Waals surface area contributed by atoms with Gasteiger partial charge in [-0.05, 0) is 25.1 Å². The number of hydrogen-bond acceptors (Lipinski definition) is 4. The third kappa shape index (κ3) is 2.44. The highest BCUT2D eigenvalue weighted by atomic mass is 35.5. The van der Waals surface area contributed by atoms with E-state index in [4.69, 9.17) is 17.0 Å². The maximum atomic E-state index is 12.6. The molecule has 0 saturated carbocycles. The van der Waals surface area contributed by atoms with E-state index in [0.29, 0.717) is 5.56 Å². The van der Waals surface area contributed by atoms with Crippen LogP contribution in [0.1, 0.15) is 11.1 Å². The lowest BCUT2D eigenvalue weighted by molar-refractivity contribution is 0.588. The summed E-state index contributed by atoms with van der Waals surface area (Å²) in [6.45, 7) is 1.89. The van der Waals surface area contributed by atoms with Gasteiger partial charge in [0.2, 0.25) is 0 Å². The smallest absolute Gasteiger partial charge is 0.269 e. The molecule has 106 valence electrons. The number of aryl methyl sites for hydroxylation is 1. The highest BCUT2D eigenvalue weighted by Gasteiger charge is 2.22. The number of nitrogens with one attached hydrogen (secondary N) is 2. The van der Waals surface area contributed by atoms with E-state index in [9.17, 15) is 8.42 Å². The molecule has 20 heavy (non-hydrogen) atoms. The Labute approximate surface area is 122 Å². The second-order valence-electron chi connectivity index (χ2n) is 4.26. The van der Waals surface area contributed by atoms with Crippen LogP contribution in [0.5, 0.6) is 0 Å². The van der Waals surface area contributed by atoms with Crippen LogP contribution in [0.2, 0.25) is 0 Å². The zero-order chi connectivity index (χ0) is 14.9. The fraction of sp³-hybridized carbons (Fsp3) is 0.154. The molecule has 0 aliphatic rings. The Hall–Kier alpha value is -1.79. The van der Waals surface area contributed by atoms with Crippen LogP contribution in [-0.2, 0) is 10.0 Å². The van der Waals surface area contributed by atoms with Gasteiger partial charge in [0.25, 0.3) is 10.0 Å². The van der Waals surface area contributed by atoms with Crippen molar-refractivity contribution in [2.45, 2.75) is 11.8 Å². The van der Waals surface area contributed by atoms with Crippen LogP contribution in [0.15, 0.2) is 41.4 Å². The van der Waals surface area contributed by atoms with E-state index in [2.05, 4.69) is 5.32 Å². The maximum absolute atomic E-state index is 12.6. The van der Waals surface area contributed by atoms with E-state index < -0.39 is 10.0 Å². The summed E-state index contributed by atoms with van der Waals surface area (Å²) in [5.41, 5.74) is 1.32. The van der Waals surface area contributed by atoms with Gasteiger partial charge in [-0.2, -0.15) is 0 Å². The van der Waals surface area contributed by atoms with Gasteiger partial charge in [-0.15, -0.1) is 0 Å². The Morgan fingerprint density at radius 2 is 1.85 bits per heavy atom. The molecule has 0 radical (unpaired) electrons. The molecular formula is C13H14ClN3O2S. The summed E-state index contributed by atoms with van der Waals surface area (Å²) in [5.74, 6) is 0.269. The lowest BCUT2D eigenvalue weighted by atomic mass is 10.2. The molecular weight excluding hydrogens is 298 g/mol. The van der Waals surface area contributed by atoms with Gasteiger partial charge < -0.3 is 5.32 Å². The summed E-state index contributed by atoms with van der Waals surface area (Å²) in [5, 5.41) is 10.0. The van der Waals surface area contributed by atoms with Gasteiger partial charge in [-0.1, -0.05) is 29.3 Å². The van der Waals surface area contributed by atoms with Gasteiger partial charge in [0, 0.05) is 13.2 Å². The minimum absolute atomic E-state index is 0.183. The van der Waals surface area contributed by atoms with Gasteiger partial charge >= 0.3 is 0 Å². The third-order valence-corrected chi connectivity index (χ3v) is 4.80. The van der Waals surface area contributed by atoms with Gasteiger partial charge in [0.1, 0.15) is 11.0 Å². The highest BCUT2D eigenvalue weighted by molar-refractivity contribution is 7.90. The van der Waals surface area contributed by atoms with Crippen molar-refractivity contribution in [1.82, 2.24) is 3.97 Å². The molecule has 0 unspecified atom stereocenters. The summed E-state index contributed by atoms with van der Waals surface area (Å²) in [7, 11) is -2.13. The zero-order valence-corrected chi connectivity index (χ0v) is 12.6. The van der Waals surface area contributed by atoms with Gasteiger partial charge in [0.15, 0.2) is 0 Å². The molecule has 0 fully saturated rings. The number of anilines is 1. The molecule has 2 aromatic rings. The summed E-state index contributed by atoms with van der Waals surface area (Å²) in [6.07, 6.45) is 1.38. The maximum Gasteiger partial charge on any atom is 0.269 e. The van der Waals surface area contributed by atoms with Crippen molar-refractivity contribution in [2.75, 3.05) is 12.4 Å². The first-order chi connectivity index (χ1) is 9.37. The van der Waals surface area contributed by atoms with Crippen LogP contribution in [0.3, 0.4) is 0 Å². The van der Waals surface area contributed by atoms with Gasteiger partial charge in [-0.25, -0.2) is 12.4 Å². The number of benzene rings is 1. The average Bonchev–Trinajstić information content (AvgIpc) is 2.83. The van der Waals surface area contributed by atoms with E-state index in [0.717, 1.165) is 9.54 Å². The predicted octanol–water partition coefficient (Wildman–Crippen LogP) is 2.64. The quantitative estimate of drug-likeness (QED) is 0.852. The molecule has 0 aliphatic heterocycles. The molecule has 1 aromatic carbocycles. The lowest BCUT2D eigenvalue weighted by Crippen LogP contribution is -2.15. The largest absolute Gasteiger partial charge is 0.373 e. The summed E-state index contributed by atoms with van der Waals surface area (Å²) in [6, 6.07) is 8.07. The van der Waals surface area contributed by atoms with Crippen LogP contribution in [0.4, 0.5) is 5.82 Å². The van der Waals surface area contributed by atoms with Crippen molar-refractivity contribution >= 4 is 32.6 Å². The van der Waals surface area contributed by atoms with Gasteiger partial charge in [-0.3, -0.25) is 5.41 Å². The Morgan fingerprint density at radius 3 is 2.35 bits per heavy atom. The molecule has 0 bridgehead atoms. The SMILES string of the molecule is CNc1c(C(=N)Cl)ccn1S(=O)(=O)c1ccc(C)cc1. The van der Waals surface area contributed by atoms with Crippen molar-refractivity contribution < 1.29 is 8.42 Å². The predicted molar refractivity (Wildman–Crippen MR) is 80.4 cm³/mol. The first-order valence-corrected chi connectivity index (χ1v) is 7.65. The third-order valence-electron chi connectivity index (χ3n) is 2.90. The first kappa shape index (κ1) is 14.6. The molecule has 0 aliphatic carbocycles. The van der Waals surface area contributed by atoms with E-state index in [1.54, 1.807) is 31.3 Å². The fourth-order valence-electron chi connectivity index (χ4n) is 1.86. The van der Waals surface area contributed by atoms with Crippen molar-refractivity contribution in [3.8, 4) is 0 Å². The van der Waals surface area contributed by atoms with E-state index >= 15 is 0 Å². The molecule has 1 aromatic heterocycles. The molecule has 0 amide bonds. The monoisotopic (exact) mass is 311 g/mol. The van der Waals surface area contributed by atoms with Crippen LogP contribution in [0.25, 0.3) is 0 Å². The number of nitrogens with zero attached hydrogens (tertiary/aromatic N) is 1. The first-order valence-electron chi connectivity index (χ1n) is 5.83. The van der Waals surface area contributed by atoms with Crippen LogP contribution < -0.4 is 5.32 Å². The van der Waals surface area contributed by atoms with Crippen molar-refractivity contribution in [3.05, 3.63) is 47.7 Å². The number of halogens is 1. The zero-order valence-electron chi connectivity index (χ0n) is 11.0. The molecule has 1 heterocycles. The van der Waals surface area contributed by atoms with Crippen molar-refractivity contribution in [2.24, 2.45) is 0 Å². The molecule has 0 atom stereocenters. The fourth-order valence-corrected chi connectivity index (χ4v) is 3.37. The summed E-state index contributed by atoms with van der Waals surface area (Å²) in [4.78, 5) is 0.183.